The van der Waals surface area contributed by atoms with Crippen LogP contribution in [0.25, 0.3) is 0 Å². The number of nitrogens with zero attached hydrogens (tertiary/aromatic N) is 2. The number of carbonyl (C=O) groups excluding carboxylic acids is 3. The average Bonchev–Trinajstić information content (AvgIpc) is 3.05. The van der Waals surface area contributed by atoms with E-state index in [1.807, 2.05) is 0 Å². The molecule has 23 heavy (non-hydrogen) atoms. The van der Waals surface area contributed by atoms with Crippen molar-refractivity contribution in [2.75, 3.05) is 6.54 Å². The second-order valence-corrected chi connectivity index (χ2v) is 5.56. The maximum atomic E-state index is 12.8. The van der Waals surface area contributed by atoms with Gasteiger partial charge >= 0.3 is 5.97 Å². The highest BCUT2D eigenvalue weighted by Gasteiger charge is 2.52. The summed E-state index contributed by atoms with van der Waals surface area (Å²) in [4.78, 5) is 41.7. The van der Waals surface area contributed by atoms with E-state index >= 15 is 0 Å². The molecule has 1 fully saturated rings. The summed E-state index contributed by atoms with van der Waals surface area (Å²) in [6, 6.07) is 5.10. The van der Waals surface area contributed by atoms with Crippen LogP contribution in [0.3, 0.4) is 0 Å². The zero-order chi connectivity index (χ0) is 16.6. The molecule has 120 valence electrons. The van der Waals surface area contributed by atoms with Crippen LogP contribution in [0.5, 0.6) is 0 Å². The third-order valence-corrected chi connectivity index (χ3v) is 3.85. The number of aromatic nitrogens is 1. The van der Waals surface area contributed by atoms with Gasteiger partial charge in [0, 0.05) is 26.1 Å². The number of likely N-dealkylation sites (tertiary alicyclic amines) is 1. The summed E-state index contributed by atoms with van der Waals surface area (Å²) in [6.45, 7) is 3.17. The molecule has 1 unspecified atom stereocenters. The van der Waals surface area contributed by atoms with Gasteiger partial charge in [-0.15, -0.1) is 0 Å². The summed E-state index contributed by atoms with van der Waals surface area (Å²) < 4.78 is 10.9. The van der Waals surface area contributed by atoms with Crippen LogP contribution < -0.4 is 0 Å². The first-order chi connectivity index (χ1) is 10.9. The standard InChI is InChI=1S/C16H16N2O5/c1-10(19)22-13-14(21)16(2,11-6-3-4-8-17-11)23-15(13)18-9-5-7-12(18)20/h3-4,6,8H,5,7,9H2,1-2H3. The number of hydrogen-bond acceptors (Lipinski definition) is 6. The molecule has 3 heterocycles. The number of amides is 1. The van der Waals surface area contributed by atoms with Crippen molar-refractivity contribution < 1.29 is 23.9 Å². The number of carbonyl (C=O) groups is 3. The summed E-state index contributed by atoms with van der Waals surface area (Å²) in [5.74, 6) is -1.57. The molecule has 1 amide bonds. The quantitative estimate of drug-likeness (QED) is 0.780. The minimum Gasteiger partial charge on any atom is -0.455 e. The SMILES string of the molecule is CC(=O)OC1=C(N2CCCC2=O)OC(C)(c2ccccn2)C1=O. The molecule has 3 rings (SSSR count). The minimum absolute atomic E-state index is 0.000790. The van der Waals surface area contributed by atoms with Crippen molar-refractivity contribution in [1.29, 1.82) is 0 Å². The summed E-state index contributed by atoms with van der Waals surface area (Å²) in [6.07, 6.45) is 2.57. The van der Waals surface area contributed by atoms with Crippen LogP contribution >= 0.6 is 0 Å². The molecule has 0 bridgehead atoms. The molecule has 1 atom stereocenters. The average molecular weight is 316 g/mol. The first-order valence-electron chi connectivity index (χ1n) is 7.32. The number of Topliss-reactive ketones (excluding diaryl/α,β-unsaturated/α-hetero) is 1. The Morgan fingerprint density at radius 3 is 2.74 bits per heavy atom. The van der Waals surface area contributed by atoms with Gasteiger partial charge < -0.3 is 9.47 Å². The maximum absolute atomic E-state index is 12.8. The van der Waals surface area contributed by atoms with E-state index in [2.05, 4.69) is 4.98 Å². The normalized spacial score (nSPS) is 24.2. The van der Waals surface area contributed by atoms with Gasteiger partial charge in [0.1, 0.15) is 0 Å². The zero-order valence-corrected chi connectivity index (χ0v) is 12.9. The summed E-state index contributed by atoms with van der Waals surface area (Å²) >= 11 is 0. The van der Waals surface area contributed by atoms with E-state index in [0.29, 0.717) is 25.1 Å². The second kappa shape index (κ2) is 5.49. The van der Waals surface area contributed by atoms with Crippen molar-refractivity contribution in [3.05, 3.63) is 41.7 Å². The van der Waals surface area contributed by atoms with Gasteiger partial charge in [-0.2, -0.15) is 0 Å². The molecule has 7 nitrogen and oxygen atoms in total. The largest absolute Gasteiger partial charge is 0.455 e. The van der Waals surface area contributed by atoms with Crippen molar-refractivity contribution in [3.8, 4) is 0 Å². The maximum Gasteiger partial charge on any atom is 0.308 e. The predicted molar refractivity (Wildman–Crippen MR) is 77.4 cm³/mol. The third kappa shape index (κ3) is 2.48. The summed E-state index contributed by atoms with van der Waals surface area (Å²) in [5, 5.41) is 0. The number of ether oxygens (including phenoxy) is 2. The summed E-state index contributed by atoms with van der Waals surface area (Å²) in [5.41, 5.74) is -1.04. The molecule has 0 saturated carbocycles. The lowest BCUT2D eigenvalue weighted by Crippen LogP contribution is -2.33. The monoisotopic (exact) mass is 316 g/mol. The van der Waals surface area contributed by atoms with Crippen molar-refractivity contribution in [2.45, 2.75) is 32.3 Å². The Bertz CT molecular complexity index is 712. The van der Waals surface area contributed by atoms with Crippen LogP contribution in [0.15, 0.2) is 36.0 Å². The smallest absolute Gasteiger partial charge is 0.308 e. The van der Waals surface area contributed by atoms with Gasteiger partial charge in [-0.3, -0.25) is 24.3 Å². The third-order valence-electron chi connectivity index (χ3n) is 3.85. The number of esters is 1. The fourth-order valence-corrected chi connectivity index (χ4v) is 2.69. The molecule has 0 spiro atoms. The minimum atomic E-state index is -1.43. The van der Waals surface area contributed by atoms with Crippen LogP contribution in [0.1, 0.15) is 32.4 Å². The van der Waals surface area contributed by atoms with Crippen molar-refractivity contribution >= 4 is 17.7 Å². The van der Waals surface area contributed by atoms with E-state index in [1.54, 1.807) is 31.3 Å². The van der Waals surface area contributed by atoms with Crippen molar-refractivity contribution in [1.82, 2.24) is 9.88 Å². The first kappa shape index (κ1) is 15.2. The Kier molecular flexibility index (Phi) is 3.63. The highest BCUT2D eigenvalue weighted by Crippen LogP contribution is 2.40. The van der Waals surface area contributed by atoms with Crippen molar-refractivity contribution in [2.24, 2.45) is 0 Å². The Hall–Kier alpha value is -2.70. The Labute approximate surface area is 132 Å². The molecule has 1 aromatic rings. The van der Waals surface area contributed by atoms with E-state index in [4.69, 9.17) is 9.47 Å². The number of pyridine rings is 1. The lowest BCUT2D eigenvalue weighted by atomic mass is 9.96. The highest BCUT2D eigenvalue weighted by atomic mass is 16.6. The van der Waals surface area contributed by atoms with Gasteiger partial charge in [-0.25, -0.2) is 0 Å². The van der Waals surface area contributed by atoms with E-state index in [9.17, 15) is 14.4 Å². The molecular weight excluding hydrogens is 300 g/mol. The van der Waals surface area contributed by atoms with Crippen LogP contribution in [0.4, 0.5) is 0 Å². The molecule has 7 heteroatoms. The van der Waals surface area contributed by atoms with Crippen LogP contribution in [-0.4, -0.2) is 34.1 Å². The van der Waals surface area contributed by atoms with Gasteiger partial charge in [0.15, 0.2) is 0 Å². The van der Waals surface area contributed by atoms with Crippen LogP contribution in [-0.2, 0) is 29.5 Å². The Morgan fingerprint density at radius 2 is 2.17 bits per heavy atom. The highest BCUT2D eigenvalue weighted by molar-refractivity contribution is 6.04. The molecule has 2 aliphatic heterocycles. The van der Waals surface area contributed by atoms with E-state index in [0.717, 1.165) is 0 Å². The molecule has 1 aromatic heterocycles. The van der Waals surface area contributed by atoms with Gasteiger partial charge in [0.2, 0.25) is 23.2 Å². The van der Waals surface area contributed by atoms with Gasteiger partial charge in [-0.1, -0.05) is 6.07 Å². The molecule has 0 radical (unpaired) electrons. The Morgan fingerprint density at radius 1 is 1.39 bits per heavy atom. The zero-order valence-electron chi connectivity index (χ0n) is 12.9. The predicted octanol–water partition coefficient (Wildman–Crippen LogP) is 1.25. The van der Waals surface area contributed by atoms with Gasteiger partial charge in [0.25, 0.3) is 5.78 Å². The molecule has 0 aromatic carbocycles. The molecular formula is C16H16N2O5. The Balaban J connectivity index is 2.03. The summed E-state index contributed by atoms with van der Waals surface area (Å²) in [7, 11) is 0. The molecule has 0 N–H and O–H groups in total. The van der Waals surface area contributed by atoms with E-state index < -0.39 is 17.4 Å². The van der Waals surface area contributed by atoms with Crippen LogP contribution in [0.2, 0.25) is 0 Å². The number of rotatable bonds is 3. The number of ketones is 1. The van der Waals surface area contributed by atoms with Crippen LogP contribution in [0, 0.1) is 0 Å². The van der Waals surface area contributed by atoms with E-state index in [-0.39, 0.29) is 17.5 Å². The first-order valence-corrected chi connectivity index (χ1v) is 7.32. The topological polar surface area (TPSA) is 85.8 Å². The van der Waals surface area contributed by atoms with E-state index in [1.165, 1.54) is 11.8 Å². The molecule has 2 aliphatic rings. The second-order valence-electron chi connectivity index (χ2n) is 5.56. The lowest BCUT2D eigenvalue weighted by Gasteiger charge is -2.24. The van der Waals surface area contributed by atoms with Gasteiger partial charge in [-0.05, 0) is 25.5 Å². The fraction of sp³-hybridized carbons (Fsp3) is 0.375. The van der Waals surface area contributed by atoms with Crippen molar-refractivity contribution in [3.63, 3.8) is 0 Å². The molecule has 0 aliphatic carbocycles. The molecule has 1 saturated heterocycles. The van der Waals surface area contributed by atoms with Gasteiger partial charge in [0.05, 0.1) is 5.69 Å². The fourth-order valence-electron chi connectivity index (χ4n) is 2.69. The number of hydrogen-bond donors (Lipinski definition) is 0. The lowest BCUT2D eigenvalue weighted by molar-refractivity contribution is -0.142.